The predicted molar refractivity (Wildman–Crippen MR) is 98.8 cm³/mol. The largest absolute Gasteiger partial charge is 0.354 e. The Balaban J connectivity index is 1.67. The molecule has 138 valence electrons. The van der Waals surface area contributed by atoms with Gasteiger partial charge in [0.05, 0.1) is 0 Å². The van der Waals surface area contributed by atoms with Gasteiger partial charge in [-0.3, -0.25) is 9.79 Å². The Kier molecular flexibility index (Phi) is 7.70. The third-order valence-electron chi connectivity index (χ3n) is 4.56. The number of halogens is 1. The number of nitrogens with zero attached hydrogens (tertiary/aromatic N) is 2. The number of aliphatic imine (C=N–C) groups is 1. The van der Waals surface area contributed by atoms with Crippen LogP contribution in [-0.4, -0.2) is 44.0 Å². The molecule has 1 aliphatic carbocycles. The van der Waals surface area contributed by atoms with Crippen molar-refractivity contribution in [3.05, 3.63) is 35.6 Å². The number of guanidine groups is 1. The number of rotatable bonds is 7. The fourth-order valence-corrected chi connectivity index (χ4v) is 3.29. The lowest BCUT2D eigenvalue weighted by atomic mass is 10.0. The molecule has 1 aromatic rings. The minimum Gasteiger partial charge on any atom is -0.354 e. The van der Waals surface area contributed by atoms with Gasteiger partial charge in [0.2, 0.25) is 5.91 Å². The number of hydrogen-bond donors (Lipinski definition) is 2. The number of carbonyl (C=O) groups excluding carboxylic acids is 1. The molecule has 0 heterocycles. The van der Waals surface area contributed by atoms with Crippen molar-refractivity contribution in [2.24, 2.45) is 10.9 Å². The van der Waals surface area contributed by atoms with Crippen LogP contribution in [0.25, 0.3) is 0 Å². The van der Waals surface area contributed by atoms with Gasteiger partial charge in [-0.05, 0) is 36.5 Å². The Morgan fingerprint density at radius 3 is 2.68 bits per heavy atom. The summed E-state index contributed by atoms with van der Waals surface area (Å²) in [6.45, 7) is 1.74. The van der Waals surface area contributed by atoms with Gasteiger partial charge in [-0.15, -0.1) is 0 Å². The van der Waals surface area contributed by atoms with Crippen LogP contribution >= 0.6 is 0 Å². The lowest BCUT2D eigenvalue weighted by Crippen LogP contribution is -2.42. The normalized spacial score (nSPS) is 15.2. The van der Waals surface area contributed by atoms with E-state index < -0.39 is 0 Å². The molecule has 1 saturated carbocycles. The molecule has 6 heteroatoms. The van der Waals surface area contributed by atoms with Gasteiger partial charge in [-0.2, -0.15) is 0 Å². The van der Waals surface area contributed by atoms with Crippen LogP contribution in [0.15, 0.2) is 29.3 Å². The maximum Gasteiger partial charge on any atom is 0.220 e. The number of carbonyl (C=O) groups is 1. The first-order valence-electron chi connectivity index (χ1n) is 9.01. The average Bonchev–Trinajstić information content (AvgIpc) is 3.07. The minimum absolute atomic E-state index is 0.136. The van der Waals surface area contributed by atoms with Crippen LogP contribution in [0.1, 0.15) is 37.7 Å². The van der Waals surface area contributed by atoms with Crippen LogP contribution in [-0.2, 0) is 11.3 Å². The summed E-state index contributed by atoms with van der Waals surface area (Å²) in [4.78, 5) is 18.1. The Morgan fingerprint density at radius 1 is 1.28 bits per heavy atom. The summed E-state index contributed by atoms with van der Waals surface area (Å²) in [5.74, 6) is 1.18. The molecular weight excluding hydrogens is 319 g/mol. The number of amides is 1. The zero-order valence-corrected chi connectivity index (χ0v) is 15.2. The molecule has 25 heavy (non-hydrogen) atoms. The van der Waals surface area contributed by atoms with Crippen molar-refractivity contribution in [1.29, 1.82) is 0 Å². The fraction of sp³-hybridized carbons (Fsp3) is 0.579. The van der Waals surface area contributed by atoms with Gasteiger partial charge >= 0.3 is 0 Å². The summed E-state index contributed by atoms with van der Waals surface area (Å²) < 4.78 is 13.3. The summed E-state index contributed by atoms with van der Waals surface area (Å²) in [7, 11) is 3.61. The third kappa shape index (κ3) is 6.72. The quantitative estimate of drug-likeness (QED) is 0.452. The lowest BCUT2D eigenvalue weighted by molar-refractivity contribution is -0.121. The topological polar surface area (TPSA) is 56.7 Å². The molecule has 0 saturated heterocycles. The summed E-state index contributed by atoms with van der Waals surface area (Å²) in [6.07, 6.45) is 5.53. The molecule has 0 aromatic heterocycles. The summed E-state index contributed by atoms with van der Waals surface area (Å²) in [5.41, 5.74) is 0.885. The number of hydrogen-bond acceptors (Lipinski definition) is 2. The smallest absolute Gasteiger partial charge is 0.220 e. The maximum absolute atomic E-state index is 13.3. The molecule has 0 atom stereocenters. The first-order valence-corrected chi connectivity index (χ1v) is 9.01. The van der Waals surface area contributed by atoms with Crippen LogP contribution < -0.4 is 10.6 Å². The van der Waals surface area contributed by atoms with E-state index in [9.17, 15) is 9.18 Å². The number of benzene rings is 1. The van der Waals surface area contributed by atoms with Crippen LogP contribution in [0.5, 0.6) is 0 Å². The highest BCUT2D eigenvalue weighted by Crippen LogP contribution is 2.27. The SMILES string of the molecule is CN=C(NCCNC(=O)CC1CCCC1)N(C)Cc1cccc(F)c1. The Hall–Kier alpha value is -2.11. The summed E-state index contributed by atoms with van der Waals surface area (Å²) >= 11 is 0. The van der Waals surface area contributed by atoms with Gasteiger partial charge < -0.3 is 15.5 Å². The second-order valence-corrected chi connectivity index (χ2v) is 6.66. The van der Waals surface area contributed by atoms with Crippen molar-refractivity contribution in [1.82, 2.24) is 15.5 Å². The van der Waals surface area contributed by atoms with E-state index in [1.165, 1.54) is 37.8 Å². The molecule has 1 aliphatic rings. The second kappa shape index (κ2) is 10.0. The second-order valence-electron chi connectivity index (χ2n) is 6.66. The van der Waals surface area contributed by atoms with Crippen molar-refractivity contribution in [2.45, 2.75) is 38.6 Å². The van der Waals surface area contributed by atoms with E-state index in [0.717, 1.165) is 5.56 Å². The van der Waals surface area contributed by atoms with Crippen LogP contribution in [0.3, 0.4) is 0 Å². The molecule has 0 radical (unpaired) electrons. The van der Waals surface area contributed by atoms with Crippen LogP contribution in [0, 0.1) is 11.7 Å². The average molecular weight is 348 g/mol. The van der Waals surface area contributed by atoms with E-state index >= 15 is 0 Å². The summed E-state index contributed by atoms with van der Waals surface area (Å²) in [5, 5.41) is 6.18. The molecule has 2 rings (SSSR count). The molecule has 1 aromatic carbocycles. The van der Waals surface area contributed by atoms with E-state index in [2.05, 4.69) is 15.6 Å². The fourth-order valence-electron chi connectivity index (χ4n) is 3.29. The van der Waals surface area contributed by atoms with Crippen molar-refractivity contribution in [3.63, 3.8) is 0 Å². The third-order valence-corrected chi connectivity index (χ3v) is 4.56. The van der Waals surface area contributed by atoms with Gasteiger partial charge in [0.15, 0.2) is 5.96 Å². The molecule has 0 spiro atoms. The molecule has 1 amide bonds. The Morgan fingerprint density at radius 2 is 2.00 bits per heavy atom. The highest BCUT2D eigenvalue weighted by molar-refractivity contribution is 5.80. The van der Waals surface area contributed by atoms with Crippen molar-refractivity contribution in [3.8, 4) is 0 Å². The number of nitrogens with one attached hydrogen (secondary N) is 2. The summed E-state index contributed by atoms with van der Waals surface area (Å²) in [6, 6.07) is 6.54. The highest BCUT2D eigenvalue weighted by Gasteiger charge is 2.18. The molecule has 1 fully saturated rings. The lowest BCUT2D eigenvalue weighted by Gasteiger charge is -2.22. The van der Waals surface area contributed by atoms with Gasteiger partial charge in [-0.25, -0.2) is 4.39 Å². The van der Waals surface area contributed by atoms with Crippen LogP contribution in [0.4, 0.5) is 4.39 Å². The molecule has 0 bridgehead atoms. The van der Waals surface area contributed by atoms with Crippen molar-refractivity contribution < 1.29 is 9.18 Å². The van der Waals surface area contributed by atoms with Crippen molar-refractivity contribution >= 4 is 11.9 Å². The van der Waals surface area contributed by atoms with Gasteiger partial charge in [0, 0.05) is 40.2 Å². The predicted octanol–water partition coefficient (Wildman–Crippen LogP) is 2.53. The Labute approximate surface area is 149 Å². The molecule has 2 N–H and O–H groups in total. The van der Waals surface area contributed by atoms with E-state index in [-0.39, 0.29) is 11.7 Å². The first kappa shape index (κ1) is 19.2. The molecular formula is C19H29FN4O. The van der Waals surface area contributed by atoms with Crippen LogP contribution in [0.2, 0.25) is 0 Å². The maximum atomic E-state index is 13.3. The van der Waals surface area contributed by atoms with Gasteiger partial charge in [0.1, 0.15) is 5.82 Å². The first-order chi connectivity index (χ1) is 12.1. The van der Waals surface area contributed by atoms with Gasteiger partial charge in [0.25, 0.3) is 0 Å². The molecule has 0 aliphatic heterocycles. The van der Waals surface area contributed by atoms with E-state index in [1.54, 1.807) is 13.1 Å². The highest BCUT2D eigenvalue weighted by atomic mass is 19.1. The monoisotopic (exact) mass is 348 g/mol. The standard InChI is InChI=1S/C19H29FN4O/c1-21-19(24(2)14-16-8-5-9-17(20)12-16)23-11-10-22-18(25)13-15-6-3-4-7-15/h5,8-9,12,15H,3-4,6-7,10-11,13-14H2,1-2H3,(H,21,23)(H,22,25). The zero-order valence-electron chi connectivity index (χ0n) is 15.2. The van der Waals surface area contributed by atoms with Gasteiger partial charge in [-0.1, -0.05) is 25.0 Å². The molecule has 0 unspecified atom stereocenters. The van der Waals surface area contributed by atoms with E-state index in [4.69, 9.17) is 0 Å². The Bertz CT molecular complexity index is 585. The minimum atomic E-state index is -0.237. The van der Waals surface area contributed by atoms with E-state index in [0.29, 0.717) is 37.9 Å². The van der Waals surface area contributed by atoms with Crippen molar-refractivity contribution in [2.75, 3.05) is 27.2 Å². The van der Waals surface area contributed by atoms with E-state index in [1.807, 2.05) is 18.0 Å². The molecule has 5 nitrogen and oxygen atoms in total. The zero-order chi connectivity index (χ0) is 18.1.